The molecule has 1 unspecified atom stereocenters. The summed E-state index contributed by atoms with van der Waals surface area (Å²) in [6, 6.07) is 12.7. The SMILES string of the molecule is CC(C)CC(C#N)N[C@@H](C)c1ccccc1. The first-order chi connectivity index (χ1) is 7.63. The van der Waals surface area contributed by atoms with Gasteiger partial charge in [-0.25, -0.2) is 0 Å². The van der Waals surface area contributed by atoms with Gasteiger partial charge < -0.3 is 0 Å². The highest BCUT2D eigenvalue weighted by Gasteiger charge is 2.13. The maximum atomic E-state index is 9.06. The molecule has 0 radical (unpaired) electrons. The van der Waals surface area contributed by atoms with Gasteiger partial charge in [-0.2, -0.15) is 5.26 Å². The number of benzene rings is 1. The predicted molar refractivity (Wildman–Crippen MR) is 66.8 cm³/mol. The molecule has 1 N–H and O–H groups in total. The number of nitrogens with zero attached hydrogens (tertiary/aromatic N) is 1. The van der Waals surface area contributed by atoms with Crippen LogP contribution in [0.5, 0.6) is 0 Å². The molecule has 0 heterocycles. The van der Waals surface area contributed by atoms with Gasteiger partial charge in [-0.3, -0.25) is 5.32 Å². The molecule has 16 heavy (non-hydrogen) atoms. The van der Waals surface area contributed by atoms with Gasteiger partial charge in [0.05, 0.1) is 12.1 Å². The molecule has 0 aliphatic heterocycles. The van der Waals surface area contributed by atoms with Crippen LogP contribution in [0.25, 0.3) is 0 Å². The number of nitrogens with one attached hydrogen (secondary N) is 1. The van der Waals surface area contributed by atoms with Crippen LogP contribution in [0.4, 0.5) is 0 Å². The summed E-state index contributed by atoms with van der Waals surface area (Å²) in [7, 11) is 0. The van der Waals surface area contributed by atoms with E-state index in [-0.39, 0.29) is 12.1 Å². The molecule has 1 aromatic rings. The first kappa shape index (κ1) is 12.7. The van der Waals surface area contributed by atoms with Gasteiger partial charge in [-0.1, -0.05) is 44.2 Å². The first-order valence-electron chi connectivity index (χ1n) is 5.84. The van der Waals surface area contributed by atoms with Crippen molar-refractivity contribution in [2.75, 3.05) is 0 Å². The predicted octanol–water partition coefficient (Wildman–Crippen LogP) is 3.28. The van der Waals surface area contributed by atoms with Gasteiger partial charge >= 0.3 is 0 Å². The van der Waals surface area contributed by atoms with Crippen LogP contribution in [-0.4, -0.2) is 6.04 Å². The quantitative estimate of drug-likeness (QED) is 0.820. The van der Waals surface area contributed by atoms with E-state index in [2.05, 4.69) is 44.3 Å². The van der Waals surface area contributed by atoms with Crippen LogP contribution >= 0.6 is 0 Å². The van der Waals surface area contributed by atoms with Crippen molar-refractivity contribution in [1.82, 2.24) is 5.32 Å². The highest BCUT2D eigenvalue weighted by molar-refractivity contribution is 5.18. The summed E-state index contributed by atoms with van der Waals surface area (Å²) in [4.78, 5) is 0. The van der Waals surface area contributed by atoms with Gasteiger partial charge in [0.25, 0.3) is 0 Å². The van der Waals surface area contributed by atoms with E-state index in [9.17, 15) is 0 Å². The molecule has 0 saturated carbocycles. The molecule has 1 rings (SSSR count). The van der Waals surface area contributed by atoms with Gasteiger partial charge in [0.15, 0.2) is 0 Å². The van der Waals surface area contributed by atoms with E-state index in [1.165, 1.54) is 5.56 Å². The van der Waals surface area contributed by atoms with E-state index >= 15 is 0 Å². The number of rotatable bonds is 5. The Balaban J connectivity index is 2.56. The normalized spacial score (nSPS) is 14.4. The highest BCUT2D eigenvalue weighted by atomic mass is 14.9. The third-order valence-corrected chi connectivity index (χ3v) is 2.61. The van der Waals surface area contributed by atoms with Crippen molar-refractivity contribution in [2.24, 2.45) is 5.92 Å². The Hall–Kier alpha value is -1.33. The van der Waals surface area contributed by atoms with E-state index in [4.69, 9.17) is 5.26 Å². The van der Waals surface area contributed by atoms with Crippen molar-refractivity contribution >= 4 is 0 Å². The molecular formula is C14H20N2. The topological polar surface area (TPSA) is 35.8 Å². The molecule has 0 aliphatic carbocycles. The molecule has 1 aromatic carbocycles. The van der Waals surface area contributed by atoms with Crippen molar-refractivity contribution in [3.63, 3.8) is 0 Å². The summed E-state index contributed by atoms with van der Waals surface area (Å²) in [5.74, 6) is 0.542. The summed E-state index contributed by atoms with van der Waals surface area (Å²) in [5.41, 5.74) is 1.23. The van der Waals surface area contributed by atoms with E-state index < -0.39 is 0 Å². The number of nitriles is 1. The van der Waals surface area contributed by atoms with Crippen LogP contribution in [0, 0.1) is 17.2 Å². The Morgan fingerprint density at radius 2 is 1.81 bits per heavy atom. The van der Waals surface area contributed by atoms with Crippen LogP contribution < -0.4 is 5.32 Å². The minimum Gasteiger partial charge on any atom is -0.295 e. The van der Waals surface area contributed by atoms with Gasteiger partial charge in [0.2, 0.25) is 0 Å². The molecule has 0 bridgehead atoms. The summed E-state index contributed by atoms with van der Waals surface area (Å²) >= 11 is 0. The molecule has 2 heteroatoms. The fraction of sp³-hybridized carbons (Fsp3) is 0.500. The fourth-order valence-electron chi connectivity index (χ4n) is 1.77. The van der Waals surface area contributed by atoms with Gasteiger partial charge in [-0.05, 0) is 24.8 Å². The van der Waals surface area contributed by atoms with Crippen molar-refractivity contribution in [1.29, 1.82) is 5.26 Å². The smallest absolute Gasteiger partial charge is 0.0960 e. The summed E-state index contributed by atoms with van der Waals surface area (Å²) in [5, 5.41) is 12.4. The largest absolute Gasteiger partial charge is 0.295 e. The summed E-state index contributed by atoms with van der Waals surface area (Å²) < 4.78 is 0. The average Bonchev–Trinajstić information content (AvgIpc) is 2.28. The molecule has 0 amide bonds. The van der Waals surface area contributed by atoms with Crippen molar-refractivity contribution in [3.8, 4) is 6.07 Å². The zero-order chi connectivity index (χ0) is 12.0. The highest BCUT2D eigenvalue weighted by Crippen LogP contribution is 2.14. The van der Waals surface area contributed by atoms with Gasteiger partial charge in [0, 0.05) is 6.04 Å². The maximum absolute atomic E-state index is 9.06. The van der Waals surface area contributed by atoms with Crippen molar-refractivity contribution < 1.29 is 0 Å². The summed E-state index contributed by atoms with van der Waals surface area (Å²) in [6.45, 7) is 6.37. The molecule has 0 aliphatic rings. The molecule has 0 fully saturated rings. The minimum atomic E-state index is -0.0600. The van der Waals surface area contributed by atoms with Crippen LogP contribution in [0.3, 0.4) is 0 Å². The second-order valence-electron chi connectivity index (χ2n) is 4.61. The van der Waals surface area contributed by atoms with Crippen LogP contribution in [-0.2, 0) is 0 Å². The molecule has 0 saturated heterocycles. The molecular weight excluding hydrogens is 196 g/mol. The average molecular weight is 216 g/mol. The molecule has 2 atom stereocenters. The third-order valence-electron chi connectivity index (χ3n) is 2.61. The zero-order valence-electron chi connectivity index (χ0n) is 10.3. The Morgan fingerprint density at radius 1 is 1.19 bits per heavy atom. The Labute approximate surface area is 98.3 Å². The van der Waals surface area contributed by atoms with Crippen molar-refractivity contribution in [2.45, 2.75) is 39.3 Å². The van der Waals surface area contributed by atoms with Gasteiger partial charge in [0.1, 0.15) is 0 Å². The Morgan fingerprint density at radius 3 is 2.31 bits per heavy atom. The lowest BCUT2D eigenvalue weighted by Gasteiger charge is -2.19. The lowest BCUT2D eigenvalue weighted by molar-refractivity contribution is 0.441. The second kappa shape index (κ2) is 6.30. The van der Waals surface area contributed by atoms with E-state index in [0.717, 1.165) is 6.42 Å². The Bertz CT molecular complexity index is 338. The fourth-order valence-corrected chi connectivity index (χ4v) is 1.77. The lowest BCUT2D eigenvalue weighted by atomic mass is 10.0. The number of hydrogen-bond acceptors (Lipinski definition) is 2. The van der Waals surface area contributed by atoms with Crippen molar-refractivity contribution in [3.05, 3.63) is 35.9 Å². The Kier molecular flexibility index (Phi) is 5.01. The van der Waals surface area contributed by atoms with E-state index in [1.807, 2.05) is 18.2 Å². The zero-order valence-corrected chi connectivity index (χ0v) is 10.3. The molecule has 0 aromatic heterocycles. The van der Waals surface area contributed by atoms with Crippen LogP contribution in [0.1, 0.15) is 38.8 Å². The minimum absolute atomic E-state index is 0.0600. The van der Waals surface area contributed by atoms with E-state index in [0.29, 0.717) is 5.92 Å². The van der Waals surface area contributed by atoms with Crippen LogP contribution in [0.15, 0.2) is 30.3 Å². The second-order valence-corrected chi connectivity index (χ2v) is 4.61. The monoisotopic (exact) mass is 216 g/mol. The molecule has 86 valence electrons. The summed E-state index contributed by atoms with van der Waals surface area (Å²) in [6.07, 6.45) is 0.897. The van der Waals surface area contributed by atoms with E-state index in [1.54, 1.807) is 0 Å². The first-order valence-corrected chi connectivity index (χ1v) is 5.84. The van der Waals surface area contributed by atoms with Crippen LogP contribution in [0.2, 0.25) is 0 Å². The number of hydrogen-bond donors (Lipinski definition) is 1. The third kappa shape index (κ3) is 4.04. The lowest BCUT2D eigenvalue weighted by Crippen LogP contribution is -2.31. The molecule has 2 nitrogen and oxygen atoms in total. The maximum Gasteiger partial charge on any atom is 0.0960 e. The molecule has 0 spiro atoms. The standard InChI is InChI=1S/C14H20N2/c1-11(2)9-14(10-15)16-12(3)13-7-5-4-6-8-13/h4-8,11-12,14,16H,9H2,1-3H3/t12-,14?/m0/s1. The van der Waals surface area contributed by atoms with Gasteiger partial charge in [-0.15, -0.1) is 0 Å².